The van der Waals surface area contributed by atoms with Crippen LogP contribution in [0, 0.1) is 13.8 Å². The van der Waals surface area contributed by atoms with Crippen LogP contribution in [0.15, 0.2) is 23.1 Å². The zero-order valence-electron chi connectivity index (χ0n) is 13.3. The number of nitrogens with zero attached hydrogens (tertiary/aromatic N) is 3. The monoisotopic (exact) mass is 316 g/mol. The van der Waals surface area contributed by atoms with E-state index in [0.717, 1.165) is 25.7 Å². The van der Waals surface area contributed by atoms with Crippen LogP contribution in [0.5, 0.6) is 5.88 Å². The van der Waals surface area contributed by atoms with Gasteiger partial charge in [0.25, 0.3) is 5.91 Å². The molecule has 7 heteroatoms. The van der Waals surface area contributed by atoms with Crippen LogP contribution in [0.25, 0.3) is 0 Å². The van der Waals surface area contributed by atoms with E-state index in [9.17, 15) is 4.79 Å². The number of carbonyl (C=O) groups excluding carboxylic acids is 1. The first-order valence-corrected chi connectivity index (χ1v) is 7.80. The number of rotatable bonds is 4. The van der Waals surface area contributed by atoms with E-state index < -0.39 is 0 Å². The van der Waals surface area contributed by atoms with Gasteiger partial charge < -0.3 is 14.6 Å². The van der Waals surface area contributed by atoms with Gasteiger partial charge in [0, 0.05) is 18.4 Å². The summed E-state index contributed by atoms with van der Waals surface area (Å²) in [6, 6.07) is 0.151. The number of amides is 1. The molecule has 122 valence electrons. The lowest BCUT2D eigenvalue weighted by molar-refractivity contribution is 0.0888. The van der Waals surface area contributed by atoms with Gasteiger partial charge >= 0.3 is 0 Å². The third-order valence-electron chi connectivity index (χ3n) is 4.10. The maximum absolute atomic E-state index is 12.3. The summed E-state index contributed by atoms with van der Waals surface area (Å²) in [4.78, 5) is 20.4. The first-order valence-electron chi connectivity index (χ1n) is 7.80. The molecule has 0 aromatic carbocycles. The molecule has 1 fully saturated rings. The maximum Gasteiger partial charge on any atom is 0.257 e. The molecule has 1 N–H and O–H groups in total. The molecule has 0 spiro atoms. The minimum Gasteiger partial charge on any atom is -0.473 e. The van der Waals surface area contributed by atoms with E-state index in [2.05, 4.69) is 20.4 Å². The third kappa shape index (κ3) is 3.67. The lowest BCUT2D eigenvalue weighted by atomic mass is 9.92. The fourth-order valence-corrected chi connectivity index (χ4v) is 2.91. The highest BCUT2D eigenvalue weighted by Crippen LogP contribution is 2.23. The topological polar surface area (TPSA) is 90.1 Å². The quantitative estimate of drug-likeness (QED) is 0.930. The van der Waals surface area contributed by atoms with Crippen LogP contribution in [-0.4, -0.2) is 33.2 Å². The Kier molecular flexibility index (Phi) is 4.55. The molecule has 2 heterocycles. The number of aryl methyl sites for hydroxylation is 2. The number of nitrogens with one attached hydrogen (secondary N) is 1. The molecule has 1 saturated carbocycles. The summed E-state index contributed by atoms with van der Waals surface area (Å²) < 4.78 is 10.9. The first kappa shape index (κ1) is 15.5. The Hall–Kier alpha value is -2.44. The fraction of sp³-hybridized carbons (Fsp3) is 0.500. The van der Waals surface area contributed by atoms with E-state index in [1.165, 1.54) is 0 Å². The van der Waals surface area contributed by atoms with Crippen molar-refractivity contribution in [3.63, 3.8) is 0 Å². The predicted octanol–water partition coefficient (Wildman–Crippen LogP) is 2.20. The van der Waals surface area contributed by atoms with E-state index >= 15 is 0 Å². The standard InChI is InChI=1S/C16H20N4O3/c1-10-15(11(2)23-20-10)16(21)19-12-3-5-13(6-4-12)22-14-9-17-7-8-18-14/h7-9,12-13H,3-6H2,1-2H3,(H,19,21). The number of aromatic nitrogens is 3. The molecule has 0 aliphatic heterocycles. The largest absolute Gasteiger partial charge is 0.473 e. The lowest BCUT2D eigenvalue weighted by Crippen LogP contribution is -2.40. The summed E-state index contributed by atoms with van der Waals surface area (Å²) in [5.41, 5.74) is 1.17. The molecule has 23 heavy (non-hydrogen) atoms. The second-order valence-electron chi connectivity index (χ2n) is 5.81. The number of carbonyl (C=O) groups is 1. The van der Waals surface area contributed by atoms with Crippen LogP contribution in [0.3, 0.4) is 0 Å². The SMILES string of the molecule is Cc1noc(C)c1C(=O)NC1CCC(Oc2cnccn2)CC1. The van der Waals surface area contributed by atoms with Gasteiger partial charge in [-0.3, -0.25) is 9.78 Å². The summed E-state index contributed by atoms with van der Waals surface area (Å²) in [7, 11) is 0. The molecule has 7 nitrogen and oxygen atoms in total. The molecule has 3 rings (SSSR count). The second kappa shape index (κ2) is 6.76. The van der Waals surface area contributed by atoms with Crippen molar-refractivity contribution in [3.8, 4) is 5.88 Å². The van der Waals surface area contributed by atoms with Crippen LogP contribution in [-0.2, 0) is 0 Å². The molecule has 1 aliphatic carbocycles. The Morgan fingerprint density at radius 3 is 2.65 bits per heavy atom. The van der Waals surface area contributed by atoms with Gasteiger partial charge in [0.05, 0.1) is 11.9 Å². The highest BCUT2D eigenvalue weighted by Gasteiger charge is 2.26. The molecule has 0 unspecified atom stereocenters. The van der Waals surface area contributed by atoms with Gasteiger partial charge in [-0.25, -0.2) is 4.98 Å². The molecular formula is C16H20N4O3. The Labute approximate surface area is 134 Å². The third-order valence-corrected chi connectivity index (χ3v) is 4.10. The Bertz CT molecular complexity index is 644. The molecule has 0 radical (unpaired) electrons. The zero-order chi connectivity index (χ0) is 16.2. The number of hydrogen-bond acceptors (Lipinski definition) is 6. The lowest BCUT2D eigenvalue weighted by Gasteiger charge is -2.29. The van der Waals surface area contributed by atoms with Crippen LogP contribution >= 0.6 is 0 Å². The van der Waals surface area contributed by atoms with Gasteiger partial charge in [-0.2, -0.15) is 0 Å². The smallest absolute Gasteiger partial charge is 0.257 e. The van der Waals surface area contributed by atoms with E-state index in [4.69, 9.17) is 9.26 Å². The summed E-state index contributed by atoms with van der Waals surface area (Å²) >= 11 is 0. The highest BCUT2D eigenvalue weighted by molar-refractivity contribution is 5.96. The van der Waals surface area contributed by atoms with Gasteiger partial charge in [-0.05, 0) is 39.5 Å². The predicted molar refractivity (Wildman–Crippen MR) is 82.1 cm³/mol. The highest BCUT2D eigenvalue weighted by atomic mass is 16.5. The molecule has 1 aliphatic rings. The first-order chi connectivity index (χ1) is 11.1. The van der Waals surface area contributed by atoms with E-state index in [-0.39, 0.29) is 18.1 Å². The van der Waals surface area contributed by atoms with Crippen LogP contribution in [0.1, 0.15) is 47.5 Å². The number of hydrogen-bond donors (Lipinski definition) is 1. The Morgan fingerprint density at radius 2 is 2.04 bits per heavy atom. The fourth-order valence-electron chi connectivity index (χ4n) is 2.91. The zero-order valence-corrected chi connectivity index (χ0v) is 13.3. The van der Waals surface area contributed by atoms with Crippen LogP contribution < -0.4 is 10.1 Å². The van der Waals surface area contributed by atoms with E-state index in [1.54, 1.807) is 32.4 Å². The average molecular weight is 316 g/mol. The van der Waals surface area contributed by atoms with Gasteiger partial charge in [0.1, 0.15) is 17.4 Å². The molecule has 0 atom stereocenters. The molecule has 2 aromatic heterocycles. The van der Waals surface area contributed by atoms with Gasteiger partial charge in [-0.15, -0.1) is 0 Å². The Balaban J connectivity index is 1.50. The van der Waals surface area contributed by atoms with Crippen molar-refractivity contribution in [1.29, 1.82) is 0 Å². The molecule has 2 aromatic rings. The summed E-state index contributed by atoms with van der Waals surface area (Å²) in [5.74, 6) is 0.995. The summed E-state index contributed by atoms with van der Waals surface area (Å²) in [6.07, 6.45) is 8.48. The van der Waals surface area contributed by atoms with Crippen molar-refractivity contribution in [2.45, 2.75) is 51.7 Å². The van der Waals surface area contributed by atoms with Crippen LogP contribution in [0.4, 0.5) is 0 Å². The minimum absolute atomic E-state index is 0.112. The normalized spacial score (nSPS) is 21.0. The van der Waals surface area contributed by atoms with Gasteiger partial charge in [-0.1, -0.05) is 5.16 Å². The Morgan fingerprint density at radius 1 is 1.26 bits per heavy atom. The summed E-state index contributed by atoms with van der Waals surface area (Å²) in [6.45, 7) is 3.53. The van der Waals surface area contributed by atoms with Crippen molar-refractivity contribution in [2.24, 2.45) is 0 Å². The summed E-state index contributed by atoms with van der Waals surface area (Å²) in [5, 5.41) is 6.89. The molecule has 0 saturated heterocycles. The van der Waals surface area contributed by atoms with Crippen molar-refractivity contribution >= 4 is 5.91 Å². The molecule has 1 amide bonds. The van der Waals surface area contributed by atoms with Crippen LogP contribution in [0.2, 0.25) is 0 Å². The van der Waals surface area contributed by atoms with Gasteiger partial charge in [0.2, 0.25) is 5.88 Å². The maximum atomic E-state index is 12.3. The van der Waals surface area contributed by atoms with Crippen molar-refractivity contribution in [3.05, 3.63) is 35.6 Å². The van der Waals surface area contributed by atoms with Crippen molar-refractivity contribution in [1.82, 2.24) is 20.4 Å². The van der Waals surface area contributed by atoms with Gasteiger partial charge in [0.15, 0.2) is 0 Å². The van der Waals surface area contributed by atoms with E-state index in [0.29, 0.717) is 22.9 Å². The minimum atomic E-state index is -0.112. The molecule has 0 bridgehead atoms. The van der Waals surface area contributed by atoms with Crippen molar-refractivity contribution < 1.29 is 14.1 Å². The average Bonchev–Trinajstić information content (AvgIpc) is 2.89. The second-order valence-corrected chi connectivity index (χ2v) is 5.81. The van der Waals surface area contributed by atoms with E-state index in [1.807, 2.05) is 0 Å². The number of ether oxygens (including phenoxy) is 1. The molecular weight excluding hydrogens is 296 g/mol. The van der Waals surface area contributed by atoms with Crippen molar-refractivity contribution in [2.75, 3.05) is 0 Å².